The zero-order valence-corrected chi connectivity index (χ0v) is 14.2. The first-order chi connectivity index (χ1) is 10.5. The Labute approximate surface area is 135 Å². The van der Waals surface area contributed by atoms with Crippen LogP contribution in [0.25, 0.3) is 0 Å². The van der Waals surface area contributed by atoms with Gasteiger partial charge in [0.2, 0.25) is 0 Å². The average molecular weight is 299 g/mol. The maximum Gasteiger partial charge on any atom is 0.0866 e. The van der Waals surface area contributed by atoms with Crippen molar-refractivity contribution in [3.8, 4) is 6.07 Å². The van der Waals surface area contributed by atoms with E-state index in [0.717, 1.165) is 19.6 Å². The average Bonchev–Trinajstić information content (AvgIpc) is 2.44. The zero-order chi connectivity index (χ0) is 16.0. The number of piperidine rings is 1. The molecule has 22 heavy (non-hydrogen) atoms. The van der Waals surface area contributed by atoms with Crippen LogP contribution < -0.4 is 5.32 Å². The summed E-state index contributed by atoms with van der Waals surface area (Å²) in [4.78, 5) is 2.31. The van der Waals surface area contributed by atoms with Crippen molar-refractivity contribution in [3.63, 3.8) is 0 Å². The van der Waals surface area contributed by atoms with E-state index >= 15 is 0 Å². The maximum absolute atomic E-state index is 9.02. The van der Waals surface area contributed by atoms with Crippen LogP contribution in [-0.4, -0.2) is 30.6 Å². The minimum atomic E-state index is 0.351. The highest BCUT2D eigenvalue weighted by atomic mass is 15.2. The highest BCUT2D eigenvalue weighted by molar-refractivity contribution is 5.14. The zero-order valence-electron chi connectivity index (χ0n) is 14.2. The van der Waals surface area contributed by atoms with Crippen LogP contribution in [0.15, 0.2) is 30.3 Å². The van der Waals surface area contributed by atoms with Crippen molar-refractivity contribution in [2.24, 2.45) is 11.3 Å². The largest absolute Gasteiger partial charge is 0.309 e. The van der Waals surface area contributed by atoms with Gasteiger partial charge in [0.1, 0.15) is 0 Å². The molecule has 1 aromatic rings. The molecule has 120 valence electrons. The summed E-state index contributed by atoms with van der Waals surface area (Å²) in [6, 6.07) is 13.3. The van der Waals surface area contributed by atoms with Gasteiger partial charge in [-0.1, -0.05) is 51.1 Å². The van der Waals surface area contributed by atoms with Crippen LogP contribution in [0.4, 0.5) is 0 Å². The molecule has 1 aliphatic rings. The van der Waals surface area contributed by atoms with Crippen LogP contribution in [0.5, 0.6) is 0 Å². The van der Waals surface area contributed by atoms with Crippen molar-refractivity contribution < 1.29 is 0 Å². The van der Waals surface area contributed by atoms with Gasteiger partial charge in [0.15, 0.2) is 0 Å². The summed E-state index contributed by atoms with van der Waals surface area (Å²) in [6.45, 7) is 10.4. The molecule has 2 unspecified atom stereocenters. The standard InChI is InChI=1S/C19H29N3/c1-19(2,3)12-17-11-18(15-22(14-17)10-9-20)21-13-16-7-5-4-6-8-16/h4-8,17-18,21H,10-15H2,1-3H3. The Balaban J connectivity index is 1.92. The fourth-order valence-electron chi connectivity index (χ4n) is 3.55. The van der Waals surface area contributed by atoms with Crippen LogP contribution in [0.2, 0.25) is 0 Å². The normalized spacial score (nSPS) is 23.2. The number of hydrogen-bond acceptors (Lipinski definition) is 3. The molecule has 2 atom stereocenters. The van der Waals surface area contributed by atoms with E-state index in [0.29, 0.717) is 23.9 Å². The van der Waals surface area contributed by atoms with Crippen molar-refractivity contribution in [3.05, 3.63) is 35.9 Å². The summed E-state index contributed by atoms with van der Waals surface area (Å²) in [5.41, 5.74) is 1.68. The number of hydrogen-bond donors (Lipinski definition) is 1. The third kappa shape index (κ3) is 5.79. The van der Waals surface area contributed by atoms with Gasteiger partial charge < -0.3 is 5.32 Å². The van der Waals surface area contributed by atoms with E-state index in [9.17, 15) is 0 Å². The maximum atomic E-state index is 9.02. The summed E-state index contributed by atoms with van der Waals surface area (Å²) < 4.78 is 0. The van der Waals surface area contributed by atoms with Gasteiger partial charge >= 0.3 is 0 Å². The molecule has 0 aliphatic carbocycles. The molecule has 2 rings (SSSR count). The Hall–Kier alpha value is -1.37. The molecule has 1 aromatic carbocycles. The molecule has 3 nitrogen and oxygen atoms in total. The lowest BCUT2D eigenvalue weighted by atomic mass is 9.80. The minimum absolute atomic E-state index is 0.351. The van der Waals surface area contributed by atoms with E-state index in [-0.39, 0.29) is 0 Å². The third-order valence-electron chi connectivity index (χ3n) is 4.25. The van der Waals surface area contributed by atoms with Crippen LogP contribution in [0.3, 0.4) is 0 Å². The Kier molecular flexibility index (Phi) is 5.99. The molecule has 1 N–H and O–H groups in total. The van der Waals surface area contributed by atoms with Gasteiger partial charge in [-0.15, -0.1) is 0 Å². The lowest BCUT2D eigenvalue weighted by Gasteiger charge is -2.39. The second-order valence-electron chi connectivity index (χ2n) is 7.78. The molecule has 0 spiro atoms. The fourth-order valence-corrected chi connectivity index (χ4v) is 3.55. The number of nitrogens with one attached hydrogen (secondary N) is 1. The van der Waals surface area contributed by atoms with Crippen molar-refractivity contribution in [2.45, 2.75) is 46.2 Å². The minimum Gasteiger partial charge on any atom is -0.309 e. The first-order valence-electron chi connectivity index (χ1n) is 8.33. The number of likely N-dealkylation sites (tertiary alicyclic amines) is 1. The molecule has 3 heteroatoms. The Morgan fingerprint density at radius 1 is 1.23 bits per heavy atom. The number of nitriles is 1. The molecule has 0 saturated carbocycles. The number of nitrogens with zero attached hydrogens (tertiary/aromatic N) is 2. The van der Waals surface area contributed by atoms with Crippen LogP contribution in [0.1, 0.15) is 39.2 Å². The molecule has 1 fully saturated rings. The van der Waals surface area contributed by atoms with Crippen molar-refractivity contribution in [2.75, 3.05) is 19.6 Å². The second kappa shape index (κ2) is 7.76. The highest BCUT2D eigenvalue weighted by Gasteiger charge is 2.29. The van der Waals surface area contributed by atoms with Crippen molar-refractivity contribution >= 4 is 0 Å². The second-order valence-corrected chi connectivity index (χ2v) is 7.78. The van der Waals surface area contributed by atoms with Crippen LogP contribution >= 0.6 is 0 Å². The molecule has 1 heterocycles. The smallest absolute Gasteiger partial charge is 0.0866 e. The van der Waals surface area contributed by atoms with Crippen molar-refractivity contribution in [1.29, 1.82) is 5.26 Å². The van der Waals surface area contributed by atoms with E-state index < -0.39 is 0 Å². The number of rotatable bonds is 5. The topological polar surface area (TPSA) is 39.1 Å². The SMILES string of the molecule is CC(C)(C)CC1CC(NCc2ccccc2)CN(CC#N)C1. The quantitative estimate of drug-likeness (QED) is 0.847. The van der Waals surface area contributed by atoms with Gasteiger partial charge in [0.05, 0.1) is 12.6 Å². The molecular weight excluding hydrogens is 270 g/mol. The molecule has 0 bridgehead atoms. The monoisotopic (exact) mass is 299 g/mol. The van der Waals surface area contributed by atoms with Crippen molar-refractivity contribution in [1.82, 2.24) is 10.2 Å². The van der Waals surface area contributed by atoms with E-state index in [1.807, 2.05) is 0 Å². The highest BCUT2D eigenvalue weighted by Crippen LogP contribution is 2.30. The lowest BCUT2D eigenvalue weighted by Crippen LogP contribution is -2.49. The Morgan fingerprint density at radius 3 is 2.59 bits per heavy atom. The predicted molar refractivity (Wildman–Crippen MR) is 91.3 cm³/mol. The van der Waals surface area contributed by atoms with E-state index in [2.05, 4.69) is 67.4 Å². The van der Waals surface area contributed by atoms with Gasteiger partial charge in [-0.25, -0.2) is 0 Å². The molecule has 0 amide bonds. The first-order valence-corrected chi connectivity index (χ1v) is 8.33. The lowest BCUT2D eigenvalue weighted by molar-refractivity contribution is 0.124. The summed E-state index contributed by atoms with van der Waals surface area (Å²) in [6.07, 6.45) is 2.43. The van der Waals surface area contributed by atoms with E-state index in [1.54, 1.807) is 0 Å². The van der Waals surface area contributed by atoms with Gasteiger partial charge in [0.25, 0.3) is 0 Å². The van der Waals surface area contributed by atoms with Gasteiger partial charge in [-0.3, -0.25) is 4.90 Å². The van der Waals surface area contributed by atoms with E-state index in [4.69, 9.17) is 5.26 Å². The van der Waals surface area contributed by atoms with E-state index in [1.165, 1.54) is 18.4 Å². The summed E-state index contributed by atoms with van der Waals surface area (Å²) in [5.74, 6) is 0.676. The molecule has 1 aliphatic heterocycles. The Bertz CT molecular complexity index is 484. The first kappa shape index (κ1) is 17.0. The summed E-state index contributed by atoms with van der Waals surface area (Å²) >= 11 is 0. The molecule has 1 saturated heterocycles. The number of benzene rings is 1. The molecular formula is C19H29N3. The molecule has 0 aromatic heterocycles. The predicted octanol–water partition coefficient (Wildman–Crippen LogP) is 3.43. The van der Waals surface area contributed by atoms with Gasteiger partial charge in [-0.2, -0.15) is 5.26 Å². The summed E-state index contributed by atoms with van der Waals surface area (Å²) in [5, 5.41) is 12.7. The van der Waals surface area contributed by atoms with Gasteiger partial charge in [0, 0.05) is 25.7 Å². The molecule has 0 radical (unpaired) electrons. The van der Waals surface area contributed by atoms with Crippen LogP contribution in [0, 0.1) is 22.7 Å². The van der Waals surface area contributed by atoms with Crippen LogP contribution in [-0.2, 0) is 6.54 Å². The third-order valence-corrected chi connectivity index (χ3v) is 4.25. The summed E-state index contributed by atoms with van der Waals surface area (Å²) in [7, 11) is 0. The Morgan fingerprint density at radius 2 is 1.95 bits per heavy atom. The van der Waals surface area contributed by atoms with Gasteiger partial charge in [-0.05, 0) is 29.7 Å². The fraction of sp³-hybridized carbons (Fsp3) is 0.632.